The summed E-state index contributed by atoms with van der Waals surface area (Å²) in [7, 11) is 0. The standard InChI is InChI=1S/C14H17F2NO3/c1-2-17(13-8-20-7-10(13)14(18)19)6-9-11(15)4-3-5-12(9)16/h3-5,10,13H,2,6-8H2,1H3,(H,18,19). The van der Waals surface area contributed by atoms with Crippen molar-refractivity contribution in [2.75, 3.05) is 19.8 Å². The summed E-state index contributed by atoms with van der Waals surface area (Å²) in [5, 5.41) is 9.15. The summed E-state index contributed by atoms with van der Waals surface area (Å²) in [6.45, 7) is 2.76. The lowest BCUT2D eigenvalue weighted by Crippen LogP contribution is -2.42. The Balaban J connectivity index is 2.19. The summed E-state index contributed by atoms with van der Waals surface area (Å²) >= 11 is 0. The van der Waals surface area contributed by atoms with Crippen LogP contribution in [0.1, 0.15) is 12.5 Å². The van der Waals surface area contributed by atoms with Crippen molar-refractivity contribution in [1.82, 2.24) is 4.90 Å². The number of carbonyl (C=O) groups is 1. The maximum atomic E-state index is 13.7. The number of carboxylic acid groups (broad SMARTS) is 1. The Hall–Kier alpha value is -1.53. The van der Waals surface area contributed by atoms with Crippen molar-refractivity contribution in [3.8, 4) is 0 Å². The zero-order chi connectivity index (χ0) is 14.7. The minimum atomic E-state index is -0.944. The number of carboxylic acids is 1. The Labute approximate surface area is 116 Å². The molecule has 0 radical (unpaired) electrons. The fourth-order valence-electron chi connectivity index (χ4n) is 2.49. The van der Waals surface area contributed by atoms with Crippen LogP contribution in [0.25, 0.3) is 0 Å². The minimum Gasteiger partial charge on any atom is -0.481 e. The van der Waals surface area contributed by atoms with Gasteiger partial charge in [-0.15, -0.1) is 0 Å². The number of rotatable bonds is 5. The number of nitrogens with zero attached hydrogens (tertiary/aromatic N) is 1. The first kappa shape index (κ1) is 14.9. The molecule has 1 aliphatic rings. The lowest BCUT2D eigenvalue weighted by molar-refractivity contribution is -0.143. The van der Waals surface area contributed by atoms with Crippen molar-refractivity contribution in [2.24, 2.45) is 5.92 Å². The molecule has 1 aromatic rings. The molecule has 1 N–H and O–H groups in total. The molecule has 4 nitrogen and oxygen atoms in total. The molecule has 1 fully saturated rings. The topological polar surface area (TPSA) is 49.8 Å². The van der Waals surface area contributed by atoms with E-state index in [2.05, 4.69) is 0 Å². The maximum absolute atomic E-state index is 13.7. The molecular weight excluding hydrogens is 268 g/mol. The van der Waals surface area contributed by atoms with E-state index in [0.717, 1.165) is 0 Å². The van der Waals surface area contributed by atoms with Crippen molar-refractivity contribution in [2.45, 2.75) is 19.5 Å². The van der Waals surface area contributed by atoms with Crippen LogP contribution in [-0.2, 0) is 16.1 Å². The van der Waals surface area contributed by atoms with E-state index in [0.29, 0.717) is 6.54 Å². The van der Waals surface area contributed by atoms with Gasteiger partial charge in [-0.3, -0.25) is 9.69 Å². The van der Waals surface area contributed by atoms with Crippen molar-refractivity contribution in [3.63, 3.8) is 0 Å². The predicted molar refractivity (Wildman–Crippen MR) is 68.2 cm³/mol. The second-order valence-electron chi connectivity index (χ2n) is 4.81. The van der Waals surface area contributed by atoms with Crippen LogP contribution in [0, 0.1) is 17.6 Å². The second-order valence-corrected chi connectivity index (χ2v) is 4.81. The van der Waals surface area contributed by atoms with Gasteiger partial charge in [0.05, 0.1) is 19.1 Å². The van der Waals surface area contributed by atoms with E-state index in [-0.39, 0.29) is 31.4 Å². The number of likely N-dealkylation sites (N-methyl/N-ethyl adjacent to an activating group) is 1. The molecule has 2 atom stereocenters. The van der Waals surface area contributed by atoms with Gasteiger partial charge in [0.15, 0.2) is 0 Å². The highest BCUT2D eigenvalue weighted by Crippen LogP contribution is 2.23. The molecule has 0 spiro atoms. The molecule has 1 saturated heterocycles. The van der Waals surface area contributed by atoms with E-state index >= 15 is 0 Å². The Morgan fingerprint density at radius 2 is 2.05 bits per heavy atom. The summed E-state index contributed by atoms with van der Waals surface area (Å²) in [6.07, 6.45) is 0. The van der Waals surface area contributed by atoms with Crippen LogP contribution in [0.3, 0.4) is 0 Å². The van der Waals surface area contributed by atoms with Gasteiger partial charge in [-0.1, -0.05) is 13.0 Å². The molecule has 20 heavy (non-hydrogen) atoms. The number of benzene rings is 1. The molecular formula is C14H17F2NO3. The largest absolute Gasteiger partial charge is 0.481 e. The Morgan fingerprint density at radius 3 is 2.60 bits per heavy atom. The smallest absolute Gasteiger partial charge is 0.310 e. The Morgan fingerprint density at radius 1 is 1.40 bits per heavy atom. The number of ether oxygens (including phenoxy) is 1. The number of hydrogen-bond acceptors (Lipinski definition) is 3. The van der Waals surface area contributed by atoms with Gasteiger partial charge >= 0.3 is 5.97 Å². The summed E-state index contributed by atoms with van der Waals surface area (Å²) in [5.41, 5.74) is -0.0367. The Kier molecular flexibility index (Phi) is 4.67. The first-order valence-electron chi connectivity index (χ1n) is 6.52. The summed E-state index contributed by atoms with van der Waals surface area (Å²) < 4.78 is 32.6. The summed E-state index contributed by atoms with van der Waals surface area (Å²) in [5.74, 6) is -2.84. The fourth-order valence-corrected chi connectivity index (χ4v) is 2.49. The van der Waals surface area contributed by atoms with Crippen molar-refractivity contribution < 1.29 is 23.4 Å². The van der Waals surface area contributed by atoms with Crippen LogP contribution in [-0.4, -0.2) is 41.8 Å². The molecule has 2 rings (SSSR count). The van der Waals surface area contributed by atoms with Gasteiger partial charge in [-0.2, -0.15) is 0 Å². The van der Waals surface area contributed by atoms with Gasteiger partial charge in [-0.25, -0.2) is 8.78 Å². The lowest BCUT2D eigenvalue weighted by atomic mass is 10.0. The van der Waals surface area contributed by atoms with Crippen LogP contribution < -0.4 is 0 Å². The molecule has 0 amide bonds. The fraction of sp³-hybridized carbons (Fsp3) is 0.500. The third-order valence-corrected chi connectivity index (χ3v) is 3.67. The maximum Gasteiger partial charge on any atom is 0.310 e. The number of aliphatic carboxylic acids is 1. The molecule has 0 saturated carbocycles. The number of hydrogen-bond donors (Lipinski definition) is 1. The van der Waals surface area contributed by atoms with E-state index in [1.807, 2.05) is 6.92 Å². The number of halogens is 2. The van der Waals surface area contributed by atoms with Gasteiger partial charge in [0.1, 0.15) is 11.6 Å². The molecule has 2 unspecified atom stereocenters. The summed E-state index contributed by atoms with van der Waals surface area (Å²) in [6, 6.07) is 3.35. The first-order chi connectivity index (χ1) is 9.54. The van der Waals surface area contributed by atoms with E-state index < -0.39 is 23.5 Å². The van der Waals surface area contributed by atoms with E-state index in [1.54, 1.807) is 4.90 Å². The third kappa shape index (κ3) is 2.96. The van der Waals surface area contributed by atoms with Gasteiger partial charge in [-0.05, 0) is 18.7 Å². The Bertz CT molecular complexity index is 475. The van der Waals surface area contributed by atoms with E-state index in [9.17, 15) is 13.6 Å². The lowest BCUT2D eigenvalue weighted by Gasteiger charge is -2.29. The second kappa shape index (κ2) is 6.28. The SMILES string of the molecule is CCN(Cc1c(F)cccc1F)C1COCC1C(=O)O. The summed E-state index contributed by atoms with van der Waals surface area (Å²) in [4.78, 5) is 12.9. The zero-order valence-corrected chi connectivity index (χ0v) is 11.2. The molecule has 6 heteroatoms. The zero-order valence-electron chi connectivity index (χ0n) is 11.2. The molecule has 110 valence electrons. The van der Waals surface area contributed by atoms with Crippen LogP contribution in [0.4, 0.5) is 8.78 Å². The highest BCUT2D eigenvalue weighted by atomic mass is 19.1. The normalized spacial score (nSPS) is 22.4. The van der Waals surface area contributed by atoms with Crippen LogP contribution in [0.15, 0.2) is 18.2 Å². The molecule has 0 aromatic heterocycles. The van der Waals surface area contributed by atoms with Crippen LogP contribution in [0.5, 0.6) is 0 Å². The van der Waals surface area contributed by atoms with Gasteiger partial charge in [0.25, 0.3) is 0 Å². The van der Waals surface area contributed by atoms with Crippen LogP contribution >= 0.6 is 0 Å². The van der Waals surface area contributed by atoms with Gasteiger partial charge < -0.3 is 9.84 Å². The molecule has 0 aliphatic carbocycles. The molecule has 1 heterocycles. The quantitative estimate of drug-likeness (QED) is 0.897. The van der Waals surface area contributed by atoms with Gasteiger partial charge in [0.2, 0.25) is 0 Å². The van der Waals surface area contributed by atoms with E-state index in [1.165, 1.54) is 18.2 Å². The highest BCUT2D eigenvalue weighted by molar-refractivity contribution is 5.71. The molecule has 1 aliphatic heterocycles. The average molecular weight is 285 g/mol. The molecule has 0 bridgehead atoms. The van der Waals surface area contributed by atoms with Gasteiger partial charge in [0, 0.05) is 18.2 Å². The highest BCUT2D eigenvalue weighted by Gasteiger charge is 2.37. The van der Waals surface area contributed by atoms with Crippen molar-refractivity contribution >= 4 is 5.97 Å². The first-order valence-corrected chi connectivity index (χ1v) is 6.52. The van der Waals surface area contributed by atoms with Crippen molar-refractivity contribution in [3.05, 3.63) is 35.4 Å². The third-order valence-electron chi connectivity index (χ3n) is 3.67. The predicted octanol–water partition coefficient (Wildman–Crippen LogP) is 1.89. The minimum absolute atomic E-state index is 0.0345. The van der Waals surface area contributed by atoms with E-state index in [4.69, 9.17) is 9.84 Å². The van der Waals surface area contributed by atoms with Crippen LogP contribution in [0.2, 0.25) is 0 Å². The monoisotopic (exact) mass is 285 g/mol. The van der Waals surface area contributed by atoms with Crippen molar-refractivity contribution in [1.29, 1.82) is 0 Å². The molecule has 1 aromatic carbocycles. The average Bonchev–Trinajstić information content (AvgIpc) is 2.88.